The second-order valence-electron chi connectivity index (χ2n) is 8.03. The van der Waals surface area contributed by atoms with Crippen LogP contribution in [0.3, 0.4) is 0 Å². The van der Waals surface area contributed by atoms with Crippen molar-refractivity contribution in [3.05, 3.63) is 29.3 Å². The quantitative estimate of drug-likeness (QED) is 0.768. The molecule has 0 radical (unpaired) electrons. The summed E-state index contributed by atoms with van der Waals surface area (Å²) in [6.07, 6.45) is 4.21. The SMILES string of the molecule is Cc1ccc(OCCN(C)C(=O)C2CCN(C3CCOCC3)CC2)c(C)c1. The smallest absolute Gasteiger partial charge is 0.225 e. The number of likely N-dealkylation sites (tertiary alicyclic amines) is 1. The Balaban J connectivity index is 1.40. The highest BCUT2D eigenvalue weighted by Crippen LogP contribution is 2.24. The topological polar surface area (TPSA) is 42.0 Å². The van der Waals surface area contributed by atoms with Gasteiger partial charge in [0.2, 0.25) is 5.91 Å². The van der Waals surface area contributed by atoms with Crippen molar-refractivity contribution in [2.45, 2.75) is 45.6 Å². The average molecular weight is 375 g/mol. The Kier molecular flexibility index (Phi) is 7.13. The number of amides is 1. The fraction of sp³-hybridized carbons (Fsp3) is 0.682. The van der Waals surface area contributed by atoms with Gasteiger partial charge in [0.15, 0.2) is 0 Å². The molecule has 0 saturated carbocycles. The molecule has 2 aliphatic rings. The number of likely N-dealkylation sites (N-methyl/N-ethyl adjacent to an activating group) is 1. The first-order valence-corrected chi connectivity index (χ1v) is 10.3. The van der Waals surface area contributed by atoms with Crippen LogP contribution in [0.2, 0.25) is 0 Å². The van der Waals surface area contributed by atoms with Crippen LogP contribution in [0.5, 0.6) is 5.75 Å². The van der Waals surface area contributed by atoms with E-state index in [2.05, 4.69) is 30.9 Å². The lowest BCUT2D eigenvalue weighted by Crippen LogP contribution is -2.47. The Morgan fingerprint density at radius 3 is 2.56 bits per heavy atom. The first-order chi connectivity index (χ1) is 13.0. The van der Waals surface area contributed by atoms with Crippen molar-refractivity contribution < 1.29 is 14.3 Å². The molecule has 27 heavy (non-hydrogen) atoms. The molecule has 3 rings (SSSR count). The number of hydrogen-bond acceptors (Lipinski definition) is 4. The molecule has 0 bridgehead atoms. The summed E-state index contributed by atoms with van der Waals surface area (Å²) in [5.74, 6) is 1.34. The van der Waals surface area contributed by atoms with Crippen molar-refractivity contribution in [1.82, 2.24) is 9.80 Å². The summed E-state index contributed by atoms with van der Waals surface area (Å²) in [6, 6.07) is 6.84. The van der Waals surface area contributed by atoms with Gasteiger partial charge in [-0.05, 0) is 64.3 Å². The maximum absolute atomic E-state index is 12.8. The van der Waals surface area contributed by atoms with Crippen LogP contribution in [0.25, 0.3) is 0 Å². The van der Waals surface area contributed by atoms with E-state index < -0.39 is 0 Å². The van der Waals surface area contributed by atoms with E-state index >= 15 is 0 Å². The molecule has 2 fully saturated rings. The van der Waals surface area contributed by atoms with Gasteiger partial charge in [-0.3, -0.25) is 4.79 Å². The van der Waals surface area contributed by atoms with Gasteiger partial charge in [0.1, 0.15) is 12.4 Å². The van der Waals surface area contributed by atoms with Crippen molar-refractivity contribution in [3.63, 3.8) is 0 Å². The molecule has 1 amide bonds. The van der Waals surface area contributed by atoms with E-state index in [0.717, 1.165) is 63.3 Å². The van der Waals surface area contributed by atoms with Crippen molar-refractivity contribution in [3.8, 4) is 5.75 Å². The van der Waals surface area contributed by atoms with E-state index in [1.165, 1.54) is 5.56 Å². The van der Waals surface area contributed by atoms with Crippen molar-refractivity contribution in [2.75, 3.05) is 46.5 Å². The maximum Gasteiger partial charge on any atom is 0.225 e. The summed E-state index contributed by atoms with van der Waals surface area (Å²) in [7, 11) is 1.90. The minimum Gasteiger partial charge on any atom is -0.491 e. The summed E-state index contributed by atoms with van der Waals surface area (Å²) in [4.78, 5) is 17.2. The van der Waals surface area contributed by atoms with Crippen LogP contribution in [0.4, 0.5) is 0 Å². The zero-order valence-corrected chi connectivity index (χ0v) is 17.1. The van der Waals surface area contributed by atoms with Crippen LogP contribution in [0.1, 0.15) is 36.8 Å². The van der Waals surface area contributed by atoms with Crippen LogP contribution in [-0.4, -0.2) is 68.3 Å². The third kappa shape index (κ3) is 5.45. The molecule has 1 aromatic carbocycles. The highest BCUT2D eigenvalue weighted by Gasteiger charge is 2.30. The van der Waals surface area contributed by atoms with Gasteiger partial charge in [-0.2, -0.15) is 0 Å². The Morgan fingerprint density at radius 1 is 1.19 bits per heavy atom. The summed E-state index contributed by atoms with van der Waals surface area (Å²) in [5.41, 5.74) is 2.38. The lowest BCUT2D eigenvalue weighted by atomic mass is 9.93. The van der Waals surface area contributed by atoms with E-state index in [0.29, 0.717) is 19.2 Å². The van der Waals surface area contributed by atoms with E-state index in [1.807, 2.05) is 18.0 Å². The second-order valence-corrected chi connectivity index (χ2v) is 8.03. The van der Waals surface area contributed by atoms with Gasteiger partial charge in [-0.15, -0.1) is 0 Å². The number of nitrogens with zero attached hydrogens (tertiary/aromatic N) is 2. The van der Waals surface area contributed by atoms with Crippen molar-refractivity contribution in [1.29, 1.82) is 0 Å². The van der Waals surface area contributed by atoms with E-state index in [-0.39, 0.29) is 11.8 Å². The summed E-state index contributed by atoms with van der Waals surface area (Å²) >= 11 is 0. The molecule has 0 N–H and O–H groups in total. The summed E-state index contributed by atoms with van der Waals surface area (Å²) < 4.78 is 11.3. The summed E-state index contributed by atoms with van der Waals surface area (Å²) in [6.45, 7) is 9.14. The highest BCUT2D eigenvalue weighted by molar-refractivity contribution is 5.78. The third-order valence-electron chi connectivity index (χ3n) is 5.98. The van der Waals surface area contributed by atoms with Gasteiger partial charge in [-0.1, -0.05) is 17.7 Å². The average Bonchev–Trinajstić information content (AvgIpc) is 2.70. The normalized spacial score (nSPS) is 19.8. The van der Waals surface area contributed by atoms with E-state index in [9.17, 15) is 4.79 Å². The monoisotopic (exact) mass is 374 g/mol. The lowest BCUT2D eigenvalue weighted by Gasteiger charge is -2.39. The van der Waals surface area contributed by atoms with Gasteiger partial charge in [0.25, 0.3) is 0 Å². The van der Waals surface area contributed by atoms with Crippen LogP contribution >= 0.6 is 0 Å². The number of aryl methyl sites for hydroxylation is 2. The number of rotatable bonds is 6. The minimum atomic E-state index is 0.159. The highest BCUT2D eigenvalue weighted by atomic mass is 16.5. The van der Waals surface area contributed by atoms with Crippen LogP contribution in [0.15, 0.2) is 18.2 Å². The first kappa shape index (κ1) is 20.2. The molecule has 2 heterocycles. The Labute approximate surface area is 163 Å². The van der Waals surface area contributed by atoms with Crippen LogP contribution in [-0.2, 0) is 9.53 Å². The summed E-state index contributed by atoms with van der Waals surface area (Å²) in [5, 5.41) is 0. The molecule has 2 saturated heterocycles. The van der Waals surface area contributed by atoms with Gasteiger partial charge in [-0.25, -0.2) is 0 Å². The fourth-order valence-electron chi connectivity index (χ4n) is 4.24. The third-order valence-corrected chi connectivity index (χ3v) is 5.98. The van der Waals surface area contributed by atoms with Gasteiger partial charge >= 0.3 is 0 Å². The Hall–Kier alpha value is -1.59. The molecule has 2 aliphatic heterocycles. The van der Waals surface area contributed by atoms with Crippen LogP contribution < -0.4 is 4.74 Å². The minimum absolute atomic E-state index is 0.159. The predicted molar refractivity (Wildman–Crippen MR) is 107 cm³/mol. The fourth-order valence-corrected chi connectivity index (χ4v) is 4.24. The number of carbonyl (C=O) groups excluding carboxylic acids is 1. The van der Waals surface area contributed by atoms with Crippen molar-refractivity contribution in [2.24, 2.45) is 5.92 Å². The molecule has 0 spiro atoms. The van der Waals surface area contributed by atoms with E-state index in [1.54, 1.807) is 0 Å². The van der Waals surface area contributed by atoms with Gasteiger partial charge in [0.05, 0.1) is 6.54 Å². The Bertz CT molecular complexity index is 620. The lowest BCUT2D eigenvalue weighted by molar-refractivity contribution is -0.136. The molecule has 0 aliphatic carbocycles. The van der Waals surface area contributed by atoms with Gasteiger partial charge in [0, 0.05) is 32.2 Å². The van der Waals surface area contributed by atoms with E-state index in [4.69, 9.17) is 9.47 Å². The molecule has 0 unspecified atom stereocenters. The number of ether oxygens (including phenoxy) is 2. The number of benzene rings is 1. The van der Waals surface area contributed by atoms with Crippen molar-refractivity contribution >= 4 is 5.91 Å². The molecule has 150 valence electrons. The molecule has 5 nitrogen and oxygen atoms in total. The predicted octanol–water partition coefficient (Wildman–Crippen LogP) is 3.03. The maximum atomic E-state index is 12.8. The zero-order valence-electron chi connectivity index (χ0n) is 17.1. The Morgan fingerprint density at radius 2 is 1.89 bits per heavy atom. The number of hydrogen-bond donors (Lipinski definition) is 0. The molecule has 0 aromatic heterocycles. The zero-order chi connectivity index (χ0) is 19.2. The molecule has 1 aromatic rings. The second kappa shape index (κ2) is 9.56. The molecular formula is C22H34N2O3. The first-order valence-electron chi connectivity index (χ1n) is 10.3. The number of piperidine rings is 1. The van der Waals surface area contributed by atoms with Gasteiger partial charge < -0.3 is 19.3 Å². The largest absolute Gasteiger partial charge is 0.491 e. The standard InChI is InChI=1S/C22H34N2O3/c1-17-4-5-21(18(2)16-17)27-15-12-23(3)22(25)19-6-10-24(11-7-19)20-8-13-26-14-9-20/h4-5,16,19-20H,6-15H2,1-3H3. The molecular weight excluding hydrogens is 340 g/mol. The van der Waals surface area contributed by atoms with Crippen LogP contribution in [0, 0.1) is 19.8 Å². The molecule has 5 heteroatoms. The molecule has 0 atom stereocenters. The number of carbonyl (C=O) groups is 1.